The number of nitrogens with zero attached hydrogens (tertiary/aromatic N) is 2. The van der Waals surface area contributed by atoms with Crippen LogP contribution in [-0.4, -0.2) is 13.4 Å². The van der Waals surface area contributed by atoms with E-state index in [1.807, 2.05) is 37.3 Å². The van der Waals surface area contributed by atoms with Crippen LogP contribution in [0.5, 0.6) is 0 Å². The number of fused-ring (bicyclic) bond motifs is 3. The average Bonchev–Trinajstić information content (AvgIpc) is 3.00. The lowest BCUT2D eigenvalue weighted by molar-refractivity contribution is 0.595. The molecular formula is C19H15N3O2S. The lowest BCUT2D eigenvalue weighted by atomic mass is 10.1. The quantitative estimate of drug-likeness (QED) is 0.525. The smallest absolute Gasteiger partial charge is 0.299 e. The van der Waals surface area contributed by atoms with Crippen LogP contribution in [-0.2, 0) is 10.0 Å². The highest BCUT2D eigenvalue weighted by Gasteiger charge is 2.16. The fourth-order valence-electron chi connectivity index (χ4n) is 2.82. The SMILES string of the molecule is Cc1ccc(S(=O)(=O)N=Nc2cc[nH]c3c4ccccc4cc2-3)cc1. The molecule has 124 valence electrons. The van der Waals surface area contributed by atoms with Gasteiger partial charge in [0.2, 0.25) is 0 Å². The van der Waals surface area contributed by atoms with E-state index in [0.717, 1.165) is 27.6 Å². The van der Waals surface area contributed by atoms with Gasteiger partial charge in [-0.05, 0) is 36.6 Å². The summed E-state index contributed by atoms with van der Waals surface area (Å²) < 4.78 is 28.3. The van der Waals surface area contributed by atoms with Gasteiger partial charge in [0.15, 0.2) is 0 Å². The van der Waals surface area contributed by atoms with Gasteiger partial charge in [0.25, 0.3) is 10.0 Å². The van der Waals surface area contributed by atoms with Crippen molar-refractivity contribution in [3.05, 3.63) is 72.4 Å². The molecule has 1 aliphatic heterocycles. The van der Waals surface area contributed by atoms with Gasteiger partial charge in [0.05, 0.1) is 16.3 Å². The average molecular weight is 349 g/mol. The summed E-state index contributed by atoms with van der Waals surface area (Å²) in [5, 5.41) is 6.15. The van der Waals surface area contributed by atoms with Gasteiger partial charge in [-0.25, -0.2) is 0 Å². The topological polar surface area (TPSA) is 74.7 Å². The molecule has 2 aromatic carbocycles. The zero-order valence-electron chi connectivity index (χ0n) is 13.5. The van der Waals surface area contributed by atoms with Crippen LogP contribution in [0.25, 0.3) is 22.0 Å². The Morgan fingerprint density at radius 2 is 1.72 bits per heavy atom. The third-order valence-electron chi connectivity index (χ3n) is 4.12. The number of pyridine rings is 1. The zero-order chi connectivity index (χ0) is 17.4. The third-order valence-corrected chi connectivity index (χ3v) is 5.28. The lowest BCUT2D eigenvalue weighted by Crippen LogP contribution is -1.95. The van der Waals surface area contributed by atoms with Crippen molar-refractivity contribution in [2.75, 3.05) is 0 Å². The Labute approximate surface area is 145 Å². The molecule has 0 fully saturated rings. The normalized spacial score (nSPS) is 12.4. The molecule has 0 radical (unpaired) electrons. The van der Waals surface area contributed by atoms with E-state index in [9.17, 15) is 8.42 Å². The van der Waals surface area contributed by atoms with Crippen LogP contribution < -0.4 is 0 Å². The Balaban J connectivity index is 1.76. The molecule has 0 atom stereocenters. The largest absolute Gasteiger partial charge is 0.361 e. The van der Waals surface area contributed by atoms with Gasteiger partial charge < -0.3 is 4.98 Å². The highest BCUT2D eigenvalue weighted by molar-refractivity contribution is 7.90. The fourth-order valence-corrected chi connectivity index (χ4v) is 3.59. The molecule has 1 heterocycles. The zero-order valence-corrected chi connectivity index (χ0v) is 14.3. The number of H-pyrrole nitrogens is 1. The second-order valence-corrected chi connectivity index (χ2v) is 7.44. The van der Waals surface area contributed by atoms with Crippen LogP contribution in [0.3, 0.4) is 0 Å². The van der Waals surface area contributed by atoms with E-state index in [1.165, 1.54) is 12.1 Å². The summed E-state index contributed by atoms with van der Waals surface area (Å²) in [6, 6.07) is 18.2. The first-order valence-electron chi connectivity index (χ1n) is 7.78. The van der Waals surface area contributed by atoms with E-state index in [4.69, 9.17) is 0 Å². The maximum Gasteiger partial charge on any atom is 0.299 e. The number of rotatable bonds is 3. The van der Waals surface area contributed by atoms with Crippen LogP contribution in [0.4, 0.5) is 5.69 Å². The summed E-state index contributed by atoms with van der Waals surface area (Å²) in [5.41, 5.74) is 3.26. The minimum Gasteiger partial charge on any atom is -0.361 e. The third kappa shape index (κ3) is 2.81. The Kier molecular flexibility index (Phi) is 3.62. The maximum absolute atomic E-state index is 12.4. The van der Waals surface area contributed by atoms with Crippen LogP contribution in [0.15, 0.2) is 81.4 Å². The van der Waals surface area contributed by atoms with Crippen LogP contribution in [0, 0.1) is 6.92 Å². The predicted molar refractivity (Wildman–Crippen MR) is 97.8 cm³/mol. The summed E-state index contributed by atoms with van der Waals surface area (Å²) in [4.78, 5) is 3.33. The predicted octanol–water partition coefficient (Wildman–Crippen LogP) is 5.05. The number of hydrogen-bond donors (Lipinski definition) is 1. The molecule has 0 aromatic heterocycles. The minimum atomic E-state index is -3.83. The lowest BCUT2D eigenvalue weighted by Gasteiger charge is -2.03. The Morgan fingerprint density at radius 3 is 2.52 bits per heavy atom. The Bertz CT molecular complexity index is 1160. The summed E-state index contributed by atoms with van der Waals surface area (Å²) in [6.45, 7) is 1.90. The molecule has 1 N–H and O–H groups in total. The van der Waals surface area contributed by atoms with Crippen LogP contribution in [0.1, 0.15) is 5.56 Å². The first kappa shape index (κ1) is 15.5. The number of sulfonamides is 1. The van der Waals surface area contributed by atoms with Crippen LogP contribution >= 0.6 is 0 Å². The molecule has 0 amide bonds. The second-order valence-electron chi connectivity index (χ2n) is 5.85. The van der Waals surface area contributed by atoms with Gasteiger partial charge >= 0.3 is 0 Å². The first-order valence-corrected chi connectivity index (χ1v) is 9.22. The first-order chi connectivity index (χ1) is 12.0. The van der Waals surface area contributed by atoms with Gasteiger partial charge in [0.1, 0.15) is 0 Å². The summed E-state index contributed by atoms with van der Waals surface area (Å²) in [5.74, 6) is 0. The molecule has 0 saturated heterocycles. The number of benzene rings is 2. The van der Waals surface area contributed by atoms with E-state index in [-0.39, 0.29) is 4.90 Å². The summed E-state index contributed by atoms with van der Waals surface area (Å²) in [6.07, 6.45) is 1.74. The van der Waals surface area contributed by atoms with E-state index < -0.39 is 10.0 Å². The molecule has 0 unspecified atom stereocenters. The summed E-state index contributed by atoms with van der Waals surface area (Å²) >= 11 is 0. The highest BCUT2D eigenvalue weighted by Crippen LogP contribution is 2.38. The van der Waals surface area contributed by atoms with Crippen molar-refractivity contribution in [1.29, 1.82) is 0 Å². The molecule has 0 saturated carbocycles. The minimum absolute atomic E-state index is 0.133. The standard InChI is InChI=1S/C19H15N3O2S/c1-13-6-8-15(9-7-13)25(23,24)22-21-18-10-11-20-19-16-5-3-2-4-14(16)12-17(18)19/h2-12,20H,1H3. The van der Waals surface area contributed by atoms with Gasteiger partial charge in [-0.3, -0.25) is 0 Å². The molecule has 0 spiro atoms. The van der Waals surface area contributed by atoms with Crippen molar-refractivity contribution in [1.82, 2.24) is 4.98 Å². The monoisotopic (exact) mass is 349 g/mol. The van der Waals surface area contributed by atoms with Crippen molar-refractivity contribution in [3.63, 3.8) is 0 Å². The number of aromatic amines is 1. The fraction of sp³-hybridized carbons (Fsp3) is 0.0526. The Morgan fingerprint density at radius 1 is 0.960 bits per heavy atom. The molecule has 1 aliphatic carbocycles. The van der Waals surface area contributed by atoms with E-state index in [1.54, 1.807) is 24.4 Å². The van der Waals surface area contributed by atoms with E-state index >= 15 is 0 Å². The van der Waals surface area contributed by atoms with Gasteiger partial charge in [0, 0.05) is 17.1 Å². The van der Waals surface area contributed by atoms with Gasteiger partial charge in [-0.2, -0.15) is 8.42 Å². The second kappa shape index (κ2) is 5.82. The van der Waals surface area contributed by atoms with E-state index in [2.05, 4.69) is 14.6 Å². The molecule has 5 nitrogen and oxygen atoms in total. The molecule has 2 aliphatic rings. The van der Waals surface area contributed by atoms with Crippen molar-refractivity contribution >= 4 is 26.5 Å². The Hall–Kier alpha value is -2.99. The molecular weight excluding hydrogens is 334 g/mol. The summed E-state index contributed by atoms with van der Waals surface area (Å²) in [7, 11) is -3.83. The van der Waals surface area contributed by atoms with Crippen molar-refractivity contribution in [3.8, 4) is 11.3 Å². The van der Waals surface area contributed by atoms with Crippen LogP contribution in [0.2, 0.25) is 0 Å². The molecule has 0 bridgehead atoms. The molecule has 6 heteroatoms. The number of aromatic nitrogens is 1. The molecule has 2 aromatic rings. The maximum atomic E-state index is 12.4. The van der Waals surface area contributed by atoms with E-state index in [0.29, 0.717) is 5.69 Å². The molecule has 25 heavy (non-hydrogen) atoms. The van der Waals surface area contributed by atoms with Crippen molar-refractivity contribution in [2.24, 2.45) is 9.63 Å². The van der Waals surface area contributed by atoms with Crippen molar-refractivity contribution in [2.45, 2.75) is 11.8 Å². The van der Waals surface area contributed by atoms with Gasteiger partial charge in [-0.1, -0.05) is 46.5 Å². The number of hydrogen-bond acceptors (Lipinski definition) is 3. The van der Waals surface area contributed by atoms with Gasteiger partial charge in [-0.15, -0.1) is 5.11 Å². The number of nitrogens with one attached hydrogen (secondary N) is 1. The number of aryl methyl sites for hydroxylation is 1. The van der Waals surface area contributed by atoms with Crippen molar-refractivity contribution < 1.29 is 8.42 Å². The molecule has 4 rings (SSSR count). The highest BCUT2D eigenvalue weighted by atomic mass is 32.2.